The standard InChI is InChI=1S/C20H19Cl2N5O2S/c21-14-3-8-18(22)19(11-14)30(28,29)26-16-6-4-15(5-7-16)24-20-12-17(13-23-25-20)27-9-1-2-10-27/h3-8,11-13,26H,1-2,9-10H2,(H,24,25). The van der Waals surface area contributed by atoms with Gasteiger partial charge in [0.1, 0.15) is 4.90 Å². The highest BCUT2D eigenvalue weighted by atomic mass is 35.5. The van der Waals surface area contributed by atoms with Crippen molar-refractivity contribution in [2.75, 3.05) is 28.0 Å². The van der Waals surface area contributed by atoms with Crippen LogP contribution in [0, 0.1) is 0 Å². The van der Waals surface area contributed by atoms with E-state index < -0.39 is 10.0 Å². The average molecular weight is 464 g/mol. The van der Waals surface area contributed by atoms with Gasteiger partial charge in [-0.3, -0.25) is 4.72 Å². The predicted molar refractivity (Wildman–Crippen MR) is 120 cm³/mol. The Kier molecular flexibility index (Phi) is 5.99. The molecule has 30 heavy (non-hydrogen) atoms. The largest absolute Gasteiger partial charge is 0.370 e. The van der Waals surface area contributed by atoms with Crippen molar-refractivity contribution in [3.63, 3.8) is 0 Å². The minimum Gasteiger partial charge on any atom is -0.370 e. The number of nitrogens with one attached hydrogen (secondary N) is 2. The van der Waals surface area contributed by atoms with Crippen LogP contribution in [0.1, 0.15) is 12.8 Å². The number of nitrogens with zero attached hydrogens (tertiary/aromatic N) is 3. The van der Waals surface area contributed by atoms with Crippen molar-refractivity contribution in [2.24, 2.45) is 0 Å². The molecule has 10 heteroatoms. The summed E-state index contributed by atoms with van der Waals surface area (Å²) in [6, 6.07) is 13.0. The van der Waals surface area contributed by atoms with Gasteiger partial charge in [-0.15, -0.1) is 5.10 Å². The van der Waals surface area contributed by atoms with E-state index in [4.69, 9.17) is 23.2 Å². The van der Waals surface area contributed by atoms with Crippen molar-refractivity contribution in [3.05, 3.63) is 64.8 Å². The fraction of sp³-hybridized carbons (Fsp3) is 0.200. The molecular weight excluding hydrogens is 445 g/mol. The summed E-state index contributed by atoms with van der Waals surface area (Å²) in [5, 5.41) is 11.8. The lowest BCUT2D eigenvalue weighted by molar-refractivity contribution is 0.601. The summed E-state index contributed by atoms with van der Waals surface area (Å²) in [4.78, 5) is 2.20. The van der Waals surface area contributed by atoms with E-state index in [0.717, 1.165) is 24.5 Å². The molecule has 0 spiro atoms. The van der Waals surface area contributed by atoms with Crippen molar-refractivity contribution in [1.29, 1.82) is 0 Å². The van der Waals surface area contributed by atoms with Gasteiger partial charge in [0.2, 0.25) is 0 Å². The molecule has 0 radical (unpaired) electrons. The van der Waals surface area contributed by atoms with Crippen LogP contribution in [0.15, 0.2) is 59.6 Å². The van der Waals surface area contributed by atoms with Crippen LogP contribution in [-0.2, 0) is 10.0 Å². The first-order chi connectivity index (χ1) is 14.4. The highest BCUT2D eigenvalue weighted by molar-refractivity contribution is 7.92. The summed E-state index contributed by atoms with van der Waals surface area (Å²) in [6.45, 7) is 2.05. The predicted octanol–water partition coefficient (Wildman–Crippen LogP) is 4.93. The third-order valence-electron chi connectivity index (χ3n) is 4.70. The molecule has 0 bridgehead atoms. The van der Waals surface area contributed by atoms with Crippen LogP contribution in [-0.4, -0.2) is 31.7 Å². The first-order valence-electron chi connectivity index (χ1n) is 9.33. The van der Waals surface area contributed by atoms with Gasteiger partial charge in [-0.25, -0.2) is 8.42 Å². The SMILES string of the molecule is O=S(=O)(Nc1ccc(Nc2cc(N3CCCC3)cnn2)cc1)c1cc(Cl)ccc1Cl. The van der Waals surface area contributed by atoms with Crippen molar-refractivity contribution in [3.8, 4) is 0 Å². The van der Waals surface area contributed by atoms with Crippen LogP contribution in [0.4, 0.5) is 22.9 Å². The number of rotatable bonds is 6. The molecule has 1 saturated heterocycles. The van der Waals surface area contributed by atoms with Crippen molar-refractivity contribution in [2.45, 2.75) is 17.7 Å². The van der Waals surface area contributed by atoms with Crippen LogP contribution in [0.2, 0.25) is 10.0 Å². The van der Waals surface area contributed by atoms with Gasteiger partial charge >= 0.3 is 0 Å². The van der Waals surface area contributed by atoms with Gasteiger partial charge in [0.25, 0.3) is 10.0 Å². The number of anilines is 4. The molecular formula is C20H19Cl2N5O2S. The van der Waals surface area contributed by atoms with Gasteiger partial charge in [-0.2, -0.15) is 5.10 Å². The molecule has 4 rings (SSSR count). The van der Waals surface area contributed by atoms with E-state index in [9.17, 15) is 8.42 Å². The van der Waals surface area contributed by atoms with Crippen molar-refractivity contribution in [1.82, 2.24) is 10.2 Å². The van der Waals surface area contributed by atoms with Crippen LogP contribution in [0.25, 0.3) is 0 Å². The lowest BCUT2D eigenvalue weighted by Gasteiger charge is -2.17. The minimum atomic E-state index is -3.87. The Balaban J connectivity index is 1.47. The fourth-order valence-electron chi connectivity index (χ4n) is 3.23. The zero-order valence-corrected chi connectivity index (χ0v) is 18.2. The van der Waals surface area contributed by atoms with Crippen LogP contribution >= 0.6 is 23.2 Å². The number of aromatic nitrogens is 2. The Morgan fingerprint density at radius 1 is 0.933 bits per heavy atom. The molecule has 2 N–H and O–H groups in total. The molecule has 1 aliphatic heterocycles. The third-order valence-corrected chi connectivity index (χ3v) is 6.80. The van der Waals surface area contributed by atoms with Gasteiger partial charge in [0.15, 0.2) is 5.82 Å². The molecule has 0 unspecified atom stereocenters. The Bertz CT molecular complexity index is 1150. The molecule has 0 saturated carbocycles. The second-order valence-electron chi connectivity index (χ2n) is 6.88. The summed E-state index contributed by atoms with van der Waals surface area (Å²) in [7, 11) is -3.87. The molecule has 2 aromatic carbocycles. The fourth-order valence-corrected chi connectivity index (χ4v) is 5.05. The highest BCUT2D eigenvalue weighted by Gasteiger charge is 2.19. The second kappa shape index (κ2) is 8.67. The zero-order valence-electron chi connectivity index (χ0n) is 15.8. The molecule has 1 aromatic heterocycles. The Morgan fingerprint density at radius 2 is 1.63 bits per heavy atom. The molecule has 3 aromatic rings. The lowest BCUT2D eigenvalue weighted by atomic mass is 10.3. The summed E-state index contributed by atoms with van der Waals surface area (Å²) in [5.74, 6) is 0.624. The number of benzene rings is 2. The van der Waals surface area contributed by atoms with Crippen LogP contribution < -0.4 is 14.9 Å². The Hall–Kier alpha value is -2.55. The van der Waals surface area contributed by atoms with Gasteiger partial charge < -0.3 is 10.2 Å². The third kappa shape index (κ3) is 4.77. The maximum Gasteiger partial charge on any atom is 0.263 e. The topological polar surface area (TPSA) is 87.2 Å². The first kappa shape index (κ1) is 20.7. The number of sulfonamides is 1. The summed E-state index contributed by atoms with van der Waals surface area (Å²) in [5.41, 5.74) is 2.19. The monoisotopic (exact) mass is 463 g/mol. The van der Waals surface area contributed by atoms with E-state index in [-0.39, 0.29) is 14.9 Å². The second-order valence-corrected chi connectivity index (χ2v) is 9.37. The van der Waals surface area contributed by atoms with E-state index in [2.05, 4.69) is 25.1 Å². The molecule has 7 nitrogen and oxygen atoms in total. The Morgan fingerprint density at radius 3 is 2.37 bits per heavy atom. The smallest absolute Gasteiger partial charge is 0.263 e. The summed E-state index contributed by atoms with van der Waals surface area (Å²) < 4.78 is 27.7. The van der Waals surface area contributed by atoms with Crippen LogP contribution in [0.5, 0.6) is 0 Å². The number of hydrogen-bond acceptors (Lipinski definition) is 6. The van der Waals surface area contributed by atoms with Crippen molar-refractivity contribution < 1.29 is 8.42 Å². The average Bonchev–Trinajstić information content (AvgIpc) is 3.26. The summed E-state index contributed by atoms with van der Waals surface area (Å²) in [6.07, 6.45) is 4.13. The molecule has 1 fully saturated rings. The normalized spacial score (nSPS) is 14.0. The van der Waals surface area contributed by atoms with E-state index in [0.29, 0.717) is 11.5 Å². The van der Waals surface area contributed by atoms with E-state index in [1.807, 2.05) is 6.07 Å². The van der Waals surface area contributed by atoms with E-state index in [1.54, 1.807) is 30.5 Å². The molecule has 156 valence electrons. The number of halogens is 2. The highest BCUT2D eigenvalue weighted by Crippen LogP contribution is 2.28. The van der Waals surface area contributed by atoms with E-state index >= 15 is 0 Å². The van der Waals surface area contributed by atoms with Gasteiger partial charge in [-0.1, -0.05) is 23.2 Å². The number of hydrogen-bond donors (Lipinski definition) is 2. The maximum absolute atomic E-state index is 12.6. The molecule has 0 atom stereocenters. The van der Waals surface area contributed by atoms with Crippen molar-refractivity contribution >= 4 is 56.1 Å². The zero-order chi connectivity index (χ0) is 21.1. The lowest BCUT2D eigenvalue weighted by Crippen LogP contribution is -2.18. The maximum atomic E-state index is 12.6. The first-order valence-corrected chi connectivity index (χ1v) is 11.6. The minimum absolute atomic E-state index is 0.0760. The molecule has 0 amide bonds. The summed E-state index contributed by atoms with van der Waals surface area (Å²) >= 11 is 11.9. The Labute approximate surface area is 185 Å². The van der Waals surface area contributed by atoms with Gasteiger partial charge in [0, 0.05) is 35.6 Å². The molecule has 0 aliphatic carbocycles. The van der Waals surface area contributed by atoms with E-state index in [1.165, 1.54) is 31.0 Å². The van der Waals surface area contributed by atoms with Gasteiger partial charge in [0.05, 0.1) is 16.9 Å². The molecule has 2 heterocycles. The quantitative estimate of drug-likeness (QED) is 0.538. The van der Waals surface area contributed by atoms with Crippen LogP contribution in [0.3, 0.4) is 0 Å². The molecule has 1 aliphatic rings. The van der Waals surface area contributed by atoms with Gasteiger partial charge in [-0.05, 0) is 55.3 Å².